The van der Waals surface area contributed by atoms with Gasteiger partial charge in [-0.1, -0.05) is 0 Å². The van der Waals surface area contributed by atoms with E-state index >= 15 is 0 Å². The van der Waals surface area contributed by atoms with Gasteiger partial charge in [-0.15, -0.1) is 0 Å². The first-order valence-electron chi connectivity index (χ1n) is 5.02. The van der Waals surface area contributed by atoms with Crippen molar-refractivity contribution in [1.82, 2.24) is 0 Å². The van der Waals surface area contributed by atoms with E-state index in [1.165, 1.54) is 0 Å². The molecule has 0 saturated heterocycles. The second-order valence-electron chi connectivity index (χ2n) is 3.71. The minimum Gasteiger partial charge on any atom is -0.376 e. The fourth-order valence-electron chi connectivity index (χ4n) is 0.931. The molecule has 0 aromatic heterocycles. The largest absolute Gasteiger partial charge is 0.490 e. The first-order chi connectivity index (χ1) is 9.69. The Morgan fingerprint density at radius 2 is 1.64 bits per heavy atom. The normalized spacial score (nSPS) is 22.4. The summed E-state index contributed by atoms with van der Waals surface area (Å²) in [6.45, 7) is -2.68. The molecule has 0 amide bonds. The fraction of sp³-hybridized carbons (Fsp3) is 1.00. The summed E-state index contributed by atoms with van der Waals surface area (Å²) in [5.74, 6) is 0. The van der Waals surface area contributed by atoms with Gasteiger partial charge in [-0.3, -0.25) is 4.52 Å². The molecule has 17 heteroatoms. The van der Waals surface area contributed by atoms with Gasteiger partial charge in [-0.05, 0) is 0 Å². The van der Waals surface area contributed by atoms with E-state index in [1.807, 2.05) is 0 Å². The predicted octanol–water partition coefficient (Wildman–Crippen LogP) is -1.04. The fourth-order valence-corrected chi connectivity index (χ4v) is 4.01. The lowest BCUT2D eigenvalue weighted by molar-refractivity contribution is -0.134. The van der Waals surface area contributed by atoms with Crippen LogP contribution in [-0.2, 0) is 31.6 Å². The molecule has 0 bridgehead atoms. The van der Waals surface area contributed by atoms with Crippen molar-refractivity contribution in [2.45, 2.75) is 11.8 Å². The van der Waals surface area contributed by atoms with Gasteiger partial charge in [0.15, 0.2) is 5.60 Å². The number of methoxy groups -OCH3 is 1. The van der Waals surface area contributed by atoms with Crippen molar-refractivity contribution < 1.29 is 60.6 Å². The van der Waals surface area contributed by atoms with Crippen LogP contribution in [0, 0.1) is 0 Å². The molecule has 7 N–H and O–H groups in total. The zero-order chi connectivity index (χ0) is 17.8. The number of hydrogen-bond acceptors (Lipinski definition) is 9. The summed E-state index contributed by atoms with van der Waals surface area (Å²) in [7, 11) is -15.8. The summed E-state index contributed by atoms with van der Waals surface area (Å²) in [4.78, 5) is 34.6. The number of aliphatic hydroxyl groups is 1. The van der Waals surface area contributed by atoms with Crippen molar-refractivity contribution in [2.75, 3.05) is 20.4 Å². The molecule has 0 rings (SSSR count). The monoisotopic (exact) mass is 393 g/mol. The van der Waals surface area contributed by atoms with Crippen molar-refractivity contribution in [1.29, 1.82) is 0 Å². The summed E-state index contributed by atoms with van der Waals surface area (Å²) in [5.41, 5.74) is 2.71. The Balaban J connectivity index is 4.95. The van der Waals surface area contributed by atoms with Crippen molar-refractivity contribution in [3.63, 3.8) is 0 Å². The van der Waals surface area contributed by atoms with Gasteiger partial charge in [0.25, 0.3) is 0 Å². The zero-order valence-electron chi connectivity index (χ0n) is 10.9. The van der Waals surface area contributed by atoms with E-state index in [0.29, 0.717) is 0 Å². The Bertz CT molecular complexity index is 501. The zero-order valence-corrected chi connectivity index (χ0v) is 13.6. The highest BCUT2D eigenvalue weighted by Crippen LogP contribution is 2.66. The lowest BCUT2D eigenvalue weighted by Gasteiger charge is -2.31. The summed E-state index contributed by atoms with van der Waals surface area (Å²) in [5, 5.41) is 9.13. The molecule has 0 aromatic carbocycles. The maximum Gasteiger partial charge on any atom is 0.490 e. The second-order valence-corrected chi connectivity index (χ2v) is 8.13. The number of halogens is 1. The molecule has 134 valence electrons. The second kappa shape index (κ2) is 7.86. The molecule has 0 aliphatic heterocycles. The van der Waals surface area contributed by atoms with E-state index in [1.54, 1.807) is 0 Å². The lowest BCUT2D eigenvalue weighted by Crippen LogP contribution is -2.54. The third kappa shape index (κ3) is 7.66. The molecule has 13 nitrogen and oxygen atoms in total. The SMILES string of the molecule is CO[C@](CF)(COP(=O)(O)OP(=O)(O)OP(=O)(O)O)[C@H](N)O. The molecule has 0 heterocycles. The first-order valence-corrected chi connectivity index (χ1v) is 9.54. The van der Waals surface area contributed by atoms with Crippen LogP contribution in [0.5, 0.6) is 0 Å². The predicted molar refractivity (Wildman–Crippen MR) is 65.7 cm³/mol. The van der Waals surface area contributed by atoms with E-state index in [4.69, 9.17) is 30.4 Å². The van der Waals surface area contributed by atoms with Crippen molar-refractivity contribution in [2.24, 2.45) is 5.73 Å². The number of aliphatic hydroxyl groups excluding tert-OH is 1. The van der Waals surface area contributed by atoms with Gasteiger partial charge in [-0.2, -0.15) is 8.62 Å². The minimum absolute atomic E-state index is 0.885. The number of phosphoric acid groups is 3. The van der Waals surface area contributed by atoms with Gasteiger partial charge >= 0.3 is 23.5 Å². The Kier molecular flexibility index (Phi) is 7.94. The molecular weight excluding hydrogens is 378 g/mol. The summed E-state index contributed by atoms with van der Waals surface area (Å²) < 4.78 is 61.0. The van der Waals surface area contributed by atoms with E-state index in [0.717, 1.165) is 7.11 Å². The quantitative estimate of drug-likeness (QED) is 0.193. The molecule has 22 heavy (non-hydrogen) atoms. The van der Waals surface area contributed by atoms with Gasteiger partial charge in [0.1, 0.15) is 12.9 Å². The van der Waals surface area contributed by atoms with Crippen molar-refractivity contribution in [3.8, 4) is 0 Å². The number of ether oxygens (including phenoxy) is 1. The molecule has 0 radical (unpaired) electrons. The summed E-state index contributed by atoms with van der Waals surface area (Å²) in [6, 6.07) is 0. The van der Waals surface area contributed by atoms with Gasteiger partial charge < -0.3 is 35.2 Å². The third-order valence-corrected chi connectivity index (χ3v) is 5.84. The maximum absolute atomic E-state index is 12.8. The van der Waals surface area contributed by atoms with E-state index in [2.05, 4.69) is 17.9 Å². The summed E-state index contributed by atoms with van der Waals surface area (Å²) >= 11 is 0. The standard InChI is InChI=1S/C5H15FNO12P3/c1-16-5(2-6,4(7)8)3-17-21(12,13)19-22(14,15)18-20(9,10)11/h4,8H,2-3,7H2,1H3,(H,12,13)(H,14,15)(H2,9,10,11)/t4-,5-/m1/s1. The minimum atomic E-state index is -5.69. The van der Waals surface area contributed by atoms with Crippen LogP contribution in [-0.4, -0.2) is 56.9 Å². The molecule has 0 aliphatic carbocycles. The average Bonchev–Trinajstić information content (AvgIpc) is 2.25. The molecular formula is C5H15FNO12P3. The molecule has 0 aliphatic rings. The summed E-state index contributed by atoms with van der Waals surface area (Å²) in [6.07, 6.45) is -2.00. The smallest absolute Gasteiger partial charge is 0.376 e. The molecule has 0 saturated carbocycles. The Hall–Kier alpha value is 0.220. The number of rotatable bonds is 10. The van der Waals surface area contributed by atoms with Crippen LogP contribution in [0.4, 0.5) is 4.39 Å². The van der Waals surface area contributed by atoms with Gasteiger partial charge in [-0.25, -0.2) is 18.1 Å². The number of alkyl halides is 1. The van der Waals surface area contributed by atoms with Gasteiger partial charge in [0.05, 0.1) is 6.61 Å². The van der Waals surface area contributed by atoms with Crippen LogP contribution in [0.25, 0.3) is 0 Å². The third-order valence-electron chi connectivity index (χ3n) is 2.06. The highest BCUT2D eigenvalue weighted by molar-refractivity contribution is 7.66. The number of hydrogen-bond donors (Lipinski definition) is 6. The van der Waals surface area contributed by atoms with Crippen LogP contribution in [0.1, 0.15) is 0 Å². The van der Waals surface area contributed by atoms with Crippen LogP contribution >= 0.6 is 23.5 Å². The van der Waals surface area contributed by atoms with E-state index < -0.39 is 48.6 Å². The van der Waals surface area contributed by atoms with E-state index in [-0.39, 0.29) is 0 Å². The van der Waals surface area contributed by atoms with Crippen molar-refractivity contribution in [3.05, 3.63) is 0 Å². The van der Waals surface area contributed by atoms with Crippen LogP contribution in [0.15, 0.2) is 0 Å². The lowest BCUT2D eigenvalue weighted by atomic mass is 10.1. The van der Waals surface area contributed by atoms with E-state index in [9.17, 15) is 18.1 Å². The number of nitrogens with two attached hydrogens (primary N) is 1. The van der Waals surface area contributed by atoms with Crippen molar-refractivity contribution >= 4 is 23.5 Å². The van der Waals surface area contributed by atoms with Crippen LogP contribution in [0.3, 0.4) is 0 Å². The molecule has 0 fully saturated rings. The van der Waals surface area contributed by atoms with Crippen LogP contribution < -0.4 is 5.73 Å². The highest BCUT2D eigenvalue weighted by Gasteiger charge is 2.44. The molecule has 0 aromatic rings. The Morgan fingerprint density at radius 1 is 1.14 bits per heavy atom. The molecule has 2 unspecified atom stereocenters. The maximum atomic E-state index is 12.8. The highest BCUT2D eigenvalue weighted by atomic mass is 31.3. The topological polar surface area (TPSA) is 215 Å². The first kappa shape index (κ1) is 22.2. The average molecular weight is 393 g/mol. The Morgan fingerprint density at radius 3 is 1.95 bits per heavy atom. The molecule has 0 spiro atoms. The number of phosphoric ester groups is 1. The van der Waals surface area contributed by atoms with Gasteiger partial charge in [0, 0.05) is 7.11 Å². The Labute approximate surface area is 123 Å². The van der Waals surface area contributed by atoms with Gasteiger partial charge in [0.2, 0.25) is 0 Å². The van der Waals surface area contributed by atoms with Crippen LogP contribution in [0.2, 0.25) is 0 Å². The molecule has 4 atom stereocenters.